The predicted octanol–water partition coefficient (Wildman–Crippen LogP) is 2.41. The molecule has 0 aliphatic rings. The molecule has 0 aromatic heterocycles. The van der Waals surface area contributed by atoms with Gasteiger partial charge in [-0.05, 0) is 26.0 Å². The minimum absolute atomic E-state index is 0.124. The van der Waals surface area contributed by atoms with E-state index in [2.05, 4.69) is 6.07 Å². The van der Waals surface area contributed by atoms with Crippen molar-refractivity contribution in [3.63, 3.8) is 0 Å². The fraction of sp³-hybridized carbons (Fsp3) is 0.462. The van der Waals surface area contributed by atoms with Gasteiger partial charge in [0.05, 0.1) is 30.5 Å². The van der Waals surface area contributed by atoms with Gasteiger partial charge >= 0.3 is 0 Å². The summed E-state index contributed by atoms with van der Waals surface area (Å²) in [6, 6.07) is 7.99. The highest BCUT2D eigenvalue weighted by Gasteiger charge is 2.14. The average molecular weight is 233 g/mol. The fourth-order valence-corrected chi connectivity index (χ4v) is 1.63. The van der Waals surface area contributed by atoms with E-state index in [1.807, 2.05) is 44.0 Å². The number of hydrogen-bond acceptors (Lipinski definition) is 4. The maximum atomic E-state index is 8.71. The van der Waals surface area contributed by atoms with Crippen LogP contribution in [0.15, 0.2) is 18.2 Å². The molecule has 92 valence electrons. The number of benzene rings is 1. The summed E-state index contributed by atoms with van der Waals surface area (Å²) >= 11 is 0. The molecule has 1 rings (SSSR count). The Morgan fingerprint density at radius 2 is 2.24 bits per heavy atom. The number of nitrogen functional groups attached to an aromatic ring is 1. The minimum atomic E-state index is 0.124. The van der Waals surface area contributed by atoms with Gasteiger partial charge in [-0.25, -0.2) is 0 Å². The second-order valence-electron chi connectivity index (χ2n) is 3.94. The number of rotatable bonds is 5. The smallest absolute Gasteiger partial charge is 0.144 e. The molecule has 1 aromatic carbocycles. The zero-order valence-corrected chi connectivity index (χ0v) is 10.6. The molecule has 1 atom stereocenters. The highest BCUT2D eigenvalue weighted by Crippen LogP contribution is 2.32. The van der Waals surface area contributed by atoms with Crippen LogP contribution in [0.4, 0.5) is 11.4 Å². The van der Waals surface area contributed by atoms with Crippen LogP contribution in [-0.2, 0) is 0 Å². The summed E-state index contributed by atoms with van der Waals surface area (Å²) in [5, 5.41) is 8.71. The lowest BCUT2D eigenvalue weighted by Gasteiger charge is -2.27. The Balaban J connectivity index is 2.98. The van der Waals surface area contributed by atoms with Crippen molar-refractivity contribution in [2.45, 2.75) is 26.3 Å². The Labute approximate surface area is 103 Å². The number of nitriles is 1. The van der Waals surface area contributed by atoms with Crippen molar-refractivity contribution >= 4 is 11.4 Å². The van der Waals surface area contributed by atoms with Gasteiger partial charge in [0.25, 0.3) is 0 Å². The van der Waals surface area contributed by atoms with Crippen LogP contribution in [0.1, 0.15) is 20.3 Å². The second kappa shape index (κ2) is 6.00. The Kier molecular flexibility index (Phi) is 4.65. The molecule has 0 aliphatic carbocycles. The lowest BCUT2D eigenvalue weighted by atomic mass is 10.1. The molecule has 0 amide bonds. The van der Waals surface area contributed by atoms with E-state index in [-0.39, 0.29) is 6.04 Å². The first kappa shape index (κ1) is 13.2. The van der Waals surface area contributed by atoms with Gasteiger partial charge in [-0.3, -0.25) is 0 Å². The first-order valence-corrected chi connectivity index (χ1v) is 5.72. The lowest BCUT2D eigenvalue weighted by Crippen LogP contribution is -2.29. The van der Waals surface area contributed by atoms with E-state index >= 15 is 0 Å². The van der Waals surface area contributed by atoms with E-state index in [1.54, 1.807) is 0 Å². The van der Waals surface area contributed by atoms with Crippen LogP contribution < -0.4 is 15.4 Å². The first-order valence-electron chi connectivity index (χ1n) is 5.72. The molecule has 0 spiro atoms. The molecule has 0 saturated carbocycles. The van der Waals surface area contributed by atoms with Crippen molar-refractivity contribution in [1.82, 2.24) is 0 Å². The van der Waals surface area contributed by atoms with Gasteiger partial charge in [0.15, 0.2) is 0 Å². The minimum Gasteiger partial charge on any atom is -0.492 e. The molecule has 2 N–H and O–H groups in total. The van der Waals surface area contributed by atoms with Crippen LogP contribution in [0.5, 0.6) is 5.75 Å². The van der Waals surface area contributed by atoms with Gasteiger partial charge in [0.1, 0.15) is 5.75 Å². The zero-order valence-electron chi connectivity index (χ0n) is 10.6. The van der Waals surface area contributed by atoms with Crippen LogP contribution in [0.25, 0.3) is 0 Å². The van der Waals surface area contributed by atoms with E-state index in [0.29, 0.717) is 24.5 Å². The molecule has 0 bridgehead atoms. The van der Waals surface area contributed by atoms with Gasteiger partial charge in [0.2, 0.25) is 0 Å². The average Bonchev–Trinajstić information content (AvgIpc) is 2.31. The molecule has 0 heterocycles. The zero-order chi connectivity index (χ0) is 12.8. The van der Waals surface area contributed by atoms with Gasteiger partial charge < -0.3 is 15.4 Å². The van der Waals surface area contributed by atoms with Crippen LogP contribution in [-0.4, -0.2) is 19.7 Å². The van der Waals surface area contributed by atoms with Crippen LogP contribution >= 0.6 is 0 Å². The number of hydrogen-bond donors (Lipinski definition) is 1. The van der Waals surface area contributed by atoms with Crippen LogP contribution in [0.2, 0.25) is 0 Å². The third-order valence-electron chi connectivity index (χ3n) is 2.77. The number of anilines is 2. The van der Waals surface area contributed by atoms with E-state index in [4.69, 9.17) is 15.7 Å². The Morgan fingerprint density at radius 1 is 1.53 bits per heavy atom. The molecule has 1 aromatic rings. The molecule has 1 unspecified atom stereocenters. The van der Waals surface area contributed by atoms with Crippen molar-refractivity contribution in [3.8, 4) is 11.8 Å². The highest BCUT2D eigenvalue weighted by molar-refractivity contribution is 5.74. The van der Waals surface area contributed by atoms with Crippen LogP contribution in [0.3, 0.4) is 0 Å². The van der Waals surface area contributed by atoms with Crippen molar-refractivity contribution in [2.24, 2.45) is 0 Å². The molecule has 4 heteroatoms. The molecule has 0 radical (unpaired) electrons. The maximum Gasteiger partial charge on any atom is 0.144 e. The van der Waals surface area contributed by atoms with E-state index in [0.717, 1.165) is 5.69 Å². The topological polar surface area (TPSA) is 62.3 Å². The highest BCUT2D eigenvalue weighted by atomic mass is 16.5. The van der Waals surface area contributed by atoms with Crippen molar-refractivity contribution < 1.29 is 4.74 Å². The number of para-hydroxylation sites is 1. The van der Waals surface area contributed by atoms with Crippen LogP contribution in [0, 0.1) is 11.3 Å². The van der Waals surface area contributed by atoms with Crippen molar-refractivity contribution in [3.05, 3.63) is 18.2 Å². The van der Waals surface area contributed by atoms with E-state index < -0.39 is 0 Å². The summed E-state index contributed by atoms with van der Waals surface area (Å²) in [6.45, 7) is 4.51. The Morgan fingerprint density at radius 3 is 2.82 bits per heavy atom. The summed E-state index contributed by atoms with van der Waals surface area (Å²) in [5.74, 6) is 0.695. The maximum absolute atomic E-state index is 8.71. The summed E-state index contributed by atoms with van der Waals surface area (Å²) in [7, 11) is 1.93. The standard InChI is InChI=1S/C13H19N3O/c1-4-17-12-7-5-6-11(13(12)15)16(3)10(2)8-9-14/h5-7,10H,4,8,15H2,1-3H3. The van der Waals surface area contributed by atoms with Gasteiger partial charge in [-0.15, -0.1) is 0 Å². The molecule has 17 heavy (non-hydrogen) atoms. The monoisotopic (exact) mass is 233 g/mol. The molecular formula is C13H19N3O. The lowest BCUT2D eigenvalue weighted by molar-refractivity contribution is 0.342. The first-order chi connectivity index (χ1) is 8.11. The molecule has 0 fully saturated rings. The normalized spacial score (nSPS) is 11.6. The number of nitrogens with two attached hydrogens (primary N) is 1. The van der Waals surface area contributed by atoms with Gasteiger partial charge in [-0.1, -0.05) is 6.07 Å². The summed E-state index contributed by atoms with van der Waals surface area (Å²) < 4.78 is 5.45. The summed E-state index contributed by atoms with van der Waals surface area (Å²) in [4.78, 5) is 2.00. The third kappa shape index (κ3) is 3.04. The molecular weight excluding hydrogens is 214 g/mol. The van der Waals surface area contributed by atoms with E-state index in [9.17, 15) is 0 Å². The number of ether oxygens (including phenoxy) is 1. The summed E-state index contributed by atoms with van der Waals surface area (Å²) in [6.07, 6.45) is 0.467. The van der Waals surface area contributed by atoms with Gasteiger partial charge in [-0.2, -0.15) is 5.26 Å². The predicted molar refractivity (Wildman–Crippen MR) is 70.1 cm³/mol. The fourth-order valence-electron chi connectivity index (χ4n) is 1.63. The number of nitrogens with zero attached hydrogens (tertiary/aromatic N) is 2. The molecule has 0 aliphatic heterocycles. The Hall–Kier alpha value is -1.89. The van der Waals surface area contributed by atoms with Gasteiger partial charge in [0, 0.05) is 13.1 Å². The van der Waals surface area contributed by atoms with Crippen molar-refractivity contribution in [1.29, 1.82) is 5.26 Å². The Bertz CT molecular complexity index is 412. The van der Waals surface area contributed by atoms with Crippen molar-refractivity contribution in [2.75, 3.05) is 24.3 Å². The largest absolute Gasteiger partial charge is 0.492 e. The third-order valence-corrected chi connectivity index (χ3v) is 2.77. The SMILES string of the molecule is CCOc1cccc(N(C)C(C)CC#N)c1N. The molecule has 0 saturated heterocycles. The quantitative estimate of drug-likeness (QED) is 0.793. The molecule has 4 nitrogen and oxygen atoms in total. The van der Waals surface area contributed by atoms with E-state index in [1.165, 1.54) is 0 Å². The second-order valence-corrected chi connectivity index (χ2v) is 3.94. The summed E-state index contributed by atoms with van der Waals surface area (Å²) in [5.41, 5.74) is 7.58.